The van der Waals surface area contributed by atoms with Crippen LogP contribution in [0.1, 0.15) is 37.6 Å². The molecule has 1 aliphatic rings. The lowest BCUT2D eigenvalue weighted by atomic mass is 10.2. The Labute approximate surface area is 197 Å². The van der Waals surface area contributed by atoms with Crippen molar-refractivity contribution in [3.63, 3.8) is 0 Å². The standard InChI is InChI=1S/C20H29BrN6O.HI/c1-3-22-19(25(2)15-16-9-4-5-10-17(16)21)23-12-8-14-27-20(28)26-13-7-6-11-18(26)24-27;/h4-5,9-10H,3,6-8,11-15H2,1-2H3,(H,22,23);1H. The van der Waals surface area contributed by atoms with Crippen molar-refractivity contribution >= 4 is 45.9 Å². The van der Waals surface area contributed by atoms with E-state index in [-0.39, 0.29) is 29.7 Å². The van der Waals surface area contributed by atoms with E-state index in [0.29, 0.717) is 13.1 Å². The number of halogens is 2. The van der Waals surface area contributed by atoms with Gasteiger partial charge in [-0.25, -0.2) is 9.48 Å². The molecule has 7 nitrogen and oxygen atoms in total. The fourth-order valence-corrected chi connectivity index (χ4v) is 3.84. The van der Waals surface area contributed by atoms with Crippen molar-refractivity contribution in [1.82, 2.24) is 24.6 Å². The summed E-state index contributed by atoms with van der Waals surface area (Å²) in [6.45, 7) is 5.70. The van der Waals surface area contributed by atoms with E-state index in [1.165, 1.54) is 5.56 Å². The highest BCUT2D eigenvalue weighted by Gasteiger charge is 2.16. The highest BCUT2D eigenvalue weighted by Crippen LogP contribution is 2.17. The maximum atomic E-state index is 12.4. The molecule has 0 bridgehead atoms. The fraction of sp³-hybridized carbons (Fsp3) is 0.550. The SMILES string of the molecule is CCNC(=NCCCn1nc2n(c1=O)CCCC2)N(C)Cc1ccccc1Br.I. The van der Waals surface area contributed by atoms with Crippen LogP contribution in [0.25, 0.3) is 0 Å². The topological polar surface area (TPSA) is 67.5 Å². The Bertz CT molecular complexity index is 878. The summed E-state index contributed by atoms with van der Waals surface area (Å²) in [6, 6.07) is 8.22. The number of aliphatic imine (C=N–C) groups is 1. The van der Waals surface area contributed by atoms with Crippen LogP contribution in [-0.2, 0) is 26.1 Å². The number of fused-ring (bicyclic) bond motifs is 1. The number of guanidine groups is 1. The Morgan fingerprint density at radius 2 is 2.14 bits per heavy atom. The molecular weight excluding hydrogens is 547 g/mol. The van der Waals surface area contributed by atoms with Gasteiger partial charge in [-0.1, -0.05) is 34.1 Å². The molecule has 3 rings (SSSR count). The summed E-state index contributed by atoms with van der Waals surface area (Å²) in [7, 11) is 2.04. The van der Waals surface area contributed by atoms with Gasteiger partial charge < -0.3 is 10.2 Å². The summed E-state index contributed by atoms with van der Waals surface area (Å²) >= 11 is 3.61. The van der Waals surface area contributed by atoms with Crippen LogP contribution < -0.4 is 11.0 Å². The van der Waals surface area contributed by atoms with Gasteiger partial charge in [0.2, 0.25) is 0 Å². The first-order valence-corrected chi connectivity index (χ1v) is 10.8. The minimum atomic E-state index is 0. The molecule has 0 atom stereocenters. The maximum absolute atomic E-state index is 12.4. The molecule has 9 heteroatoms. The van der Waals surface area contributed by atoms with E-state index < -0.39 is 0 Å². The summed E-state index contributed by atoms with van der Waals surface area (Å²) in [5.41, 5.74) is 1.24. The molecular formula is C20H30BrIN6O. The van der Waals surface area contributed by atoms with Crippen molar-refractivity contribution in [2.45, 2.75) is 52.2 Å². The normalized spacial score (nSPS) is 13.6. The van der Waals surface area contributed by atoms with Crippen LogP contribution in [0, 0.1) is 0 Å². The smallest absolute Gasteiger partial charge is 0.345 e. The van der Waals surface area contributed by atoms with Gasteiger partial charge in [-0.15, -0.1) is 24.0 Å². The van der Waals surface area contributed by atoms with Crippen molar-refractivity contribution in [2.24, 2.45) is 4.99 Å². The lowest BCUT2D eigenvalue weighted by Gasteiger charge is -2.22. The molecule has 0 radical (unpaired) electrons. The highest BCUT2D eigenvalue weighted by molar-refractivity contribution is 14.0. The molecule has 2 heterocycles. The summed E-state index contributed by atoms with van der Waals surface area (Å²) in [5.74, 6) is 1.80. The average molecular weight is 577 g/mol. The minimum absolute atomic E-state index is 0. The Balaban J connectivity index is 0.00000300. The predicted molar refractivity (Wildman–Crippen MR) is 131 cm³/mol. The summed E-state index contributed by atoms with van der Waals surface area (Å²) < 4.78 is 4.52. The van der Waals surface area contributed by atoms with Crippen molar-refractivity contribution < 1.29 is 0 Å². The van der Waals surface area contributed by atoms with Crippen LogP contribution in [0.5, 0.6) is 0 Å². The summed E-state index contributed by atoms with van der Waals surface area (Å²) in [5, 5.41) is 7.84. The molecule has 1 aromatic heterocycles. The quantitative estimate of drug-likeness (QED) is 0.238. The van der Waals surface area contributed by atoms with Crippen LogP contribution in [0.2, 0.25) is 0 Å². The molecule has 0 amide bonds. The first-order chi connectivity index (χ1) is 13.6. The average Bonchev–Trinajstić information content (AvgIpc) is 3.02. The molecule has 0 saturated carbocycles. The molecule has 1 N–H and O–H groups in total. The molecule has 29 heavy (non-hydrogen) atoms. The van der Waals surface area contributed by atoms with Crippen LogP contribution >= 0.6 is 39.9 Å². The molecule has 1 aromatic carbocycles. The van der Waals surface area contributed by atoms with E-state index in [0.717, 1.165) is 61.6 Å². The van der Waals surface area contributed by atoms with Gasteiger partial charge in [-0.2, -0.15) is 5.10 Å². The lowest BCUT2D eigenvalue weighted by Crippen LogP contribution is -2.38. The van der Waals surface area contributed by atoms with Crippen molar-refractivity contribution in [3.8, 4) is 0 Å². The molecule has 1 aliphatic heterocycles. The summed E-state index contributed by atoms with van der Waals surface area (Å²) in [6.07, 6.45) is 3.88. The van der Waals surface area contributed by atoms with Crippen molar-refractivity contribution in [3.05, 3.63) is 50.6 Å². The number of nitrogens with zero attached hydrogens (tertiary/aromatic N) is 5. The second-order valence-electron chi connectivity index (χ2n) is 7.07. The number of hydrogen-bond donors (Lipinski definition) is 1. The van der Waals surface area contributed by atoms with Gasteiger partial charge in [-0.3, -0.25) is 9.56 Å². The third-order valence-corrected chi connectivity index (χ3v) is 5.66. The van der Waals surface area contributed by atoms with Gasteiger partial charge in [0, 0.05) is 50.7 Å². The zero-order valence-electron chi connectivity index (χ0n) is 17.1. The van der Waals surface area contributed by atoms with Crippen LogP contribution in [-0.4, -0.2) is 45.3 Å². The van der Waals surface area contributed by atoms with Gasteiger partial charge >= 0.3 is 5.69 Å². The Morgan fingerprint density at radius 1 is 1.34 bits per heavy atom. The monoisotopic (exact) mass is 576 g/mol. The number of nitrogens with one attached hydrogen (secondary N) is 1. The first kappa shape index (κ1) is 23.9. The van der Waals surface area contributed by atoms with Gasteiger partial charge in [0.15, 0.2) is 5.96 Å². The van der Waals surface area contributed by atoms with E-state index >= 15 is 0 Å². The number of benzene rings is 1. The molecule has 0 aliphatic carbocycles. The van der Waals surface area contributed by atoms with Crippen molar-refractivity contribution in [1.29, 1.82) is 0 Å². The fourth-order valence-electron chi connectivity index (χ4n) is 3.43. The molecule has 0 unspecified atom stereocenters. The van der Waals surface area contributed by atoms with E-state index in [4.69, 9.17) is 4.99 Å². The molecule has 2 aromatic rings. The number of aromatic nitrogens is 3. The lowest BCUT2D eigenvalue weighted by molar-refractivity contribution is 0.473. The van der Waals surface area contributed by atoms with E-state index in [2.05, 4.69) is 50.3 Å². The van der Waals surface area contributed by atoms with E-state index in [1.807, 2.05) is 23.7 Å². The second-order valence-corrected chi connectivity index (χ2v) is 7.92. The van der Waals surface area contributed by atoms with Crippen molar-refractivity contribution in [2.75, 3.05) is 20.1 Å². The third-order valence-electron chi connectivity index (χ3n) is 4.88. The zero-order valence-corrected chi connectivity index (χ0v) is 21.0. The van der Waals surface area contributed by atoms with Gasteiger partial charge in [0.1, 0.15) is 5.82 Å². The molecule has 0 saturated heterocycles. The summed E-state index contributed by atoms with van der Waals surface area (Å²) in [4.78, 5) is 19.2. The number of rotatable bonds is 7. The third kappa shape index (κ3) is 6.31. The molecule has 0 spiro atoms. The maximum Gasteiger partial charge on any atom is 0.345 e. The Hall–Kier alpha value is -1.36. The van der Waals surface area contributed by atoms with Crippen LogP contribution in [0.15, 0.2) is 38.5 Å². The molecule has 160 valence electrons. The minimum Gasteiger partial charge on any atom is -0.357 e. The highest BCUT2D eigenvalue weighted by atomic mass is 127. The van der Waals surface area contributed by atoms with Crippen LogP contribution in [0.3, 0.4) is 0 Å². The van der Waals surface area contributed by atoms with Crippen LogP contribution in [0.4, 0.5) is 0 Å². The van der Waals surface area contributed by atoms with Gasteiger partial charge in [0.05, 0.1) is 0 Å². The Morgan fingerprint density at radius 3 is 2.86 bits per heavy atom. The van der Waals surface area contributed by atoms with E-state index in [1.54, 1.807) is 4.68 Å². The first-order valence-electron chi connectivity index (χ1n) is 9.99. The number of hydrogen-bond acceptors (Lipinski definition) is 3. The van der Waals surface area contributed by atoms with Gasteiger partial charge in [0.25, 0.3) is 0 Å². The molecule has 0 fully saturated rings. The zero-order chi connectivity index (χ0) is 19.9. The predicted octanol–water partition coefficient (Wildman–Crippen LogP) is 3.25. The largest absolute Gasteiger partial charge is 0.357 e. The van der Waals surface area contributed by atoms with Gasteiger partial charge in [-0.05, 0) is 37.8 Å². The van der Waals surface area contributed by atoms with E-state index in [9.17, 15) is 4.79 Å². The second kappa shape index (κ2) is 11.7. The Kier molecular flexibility index (Phi) is 9.67. The number of aryl methyl sites for hydroxylation is 2.